The summed E-state index contributed by atoms with van der Waals surface area (Å²) in [6.45, 7) is 0. The van der Waals surface area contributed by atoms with E-state index in [0.717, 1.165) is 10.3 Å². The molecule has 4 aromatic rings. The van der Waals surface area contributed by atoms with Gasteiger partial charge in [-0.05, 0) is 48.5 Å². The lowest BCUT2D eigenvalue weighted by molar-refractivity contribution is 0.415. The van der Waals surface area contributed by atoms with Gasteiger partial charge in [0.05, 0.1) is 18.2 Å². The van der Waals surface area contributed by atoms with Crippen molar-refractivity contribution in [1.82, 2.24) is 9.97 Å². The SMILES string of the molecule is COc1ccc2nc(Cl)c(-c3c(C#N)c(N)nc(Sc4ccc(Cl)cc4)c3C#N)cc2c1. The normalized spacial score (nSPS) is 10.5. The molecule has 2 heterocycles. The van der Waals surface area contributed by atoms with Crippen molar-refractivity contribution in [3.05, 3.63) is 69.8 Å². The van der Waals surface area contributed by atoms with Gasteiger partial charge in [0.2, 0.25) is 0 Å². The molecule has 0 fully saturated rings. The van der Waals surface area contributed by atoms with Crippen molar-refractivity contribution >= 4 is 51.7 Å². The fraction of sp³-hybridized carbons (Fsp3) is 0.0435. The van der Waals surface area contributed by atoms with Gasteiger partial charge in [0, 0.05) is 26.4 Å². The van der Waals surface area contributed by atoms with E-state index in [-0.39, 0.29) is 22.1 Å². The minimum absolute atomic E-state index is 0.000214. The van der Waals surface area contributed by atoms with Gasteiger partial charge in [-0.15, -0.1) is 0 Å². The highest BCUT2D eigenvalue weighted by molar-refractivity contribution is 7.99. The van der Waals surface area contributed by atoms with E-state index in [1.165, 1.54) is 11.8 Å². The van der Waals surface area contributed by atoms with Crippen molar-refractivity contribution in [2.24, 2.45) is 0 Å². The maximum absolute atomic E-state index is 10.0. The van der Waals surface area contributed by atoms with Gasteiger partial charge in [-0.1, -0.05) is 35.0 Å². The summed E-state index contributed by atoms with van der Waals surface area (Å²) >= 11 is 13.7. The third-order valence-corrected chi connectivity index (χ3v) is 6.23. The Hall–Kier alpha value is -3.49. The van der Waals surface area contributed by atoms with Crippen molar-refractivity contribution in [3.8, 4) is 29.0 Å². The number of halogens is 2. The van der Waals surface area contributed by atoms with Crippen molar-refractivity contribution in [2.45, 2.75) is 9.92 Å². The fourth-order valence-electron chi connectivity index (χ4n) is 3.19. The van der Waals surface area contributed by atoms with Crippen LogP contribution in [0.3, 0.4) is 0 Å². The van der Waals surface area contributed by atoms with Crippen LogP contribution >= 0.6 is 35.0 Å². The third kappa shape index (κ3) is 4.02. The number of nitriles is 2. The van der Waals surface area contributed by atoms with Crippen LogP contribution in [0.2, 0.25) is 10.2 Å². The maximum atomic E-state index is 10.0. The van der Waals surface area contributed by atoms with Crippen LogP contribution in [0.1, 0.15) is 11.1 Å². The Labute approximate surface area is 198 Å². The summed E-state index contributed by atoms with van der Waals surface area (Å²) in [7, 11) is 1.57. The Morgan fingerprint density at radius 3 is 2.34 bits per heavy atom. The van der Waals surface area contributed by atoms with Crippen molar-refractivity contribution in [1.29, 1.82) is 10.5 Å². The number of pyridine rings is 2. The van der Waals surface area contributed by atoms with Gasteiger partial charge in [0.1, 0.15) is 39.4 Å². The van der Waals surface area contributed by atoms with Crippen LogP contribution < -0.4 is 10.5 Å². The zero-order valence-corrected chi connectivity index (χ0v) is 18.9. The lowest BCUT2D eigenvalue weighted by Crippen LogP contribution is -2.04. The number of hydrogen-bond donors (Lipinski definition) is 1. The van der Waals surface area contributed by atoms with E-state index in [2.05, 4.69) is 22.1 Å². The molecule has 0 unspecified atom stereocenters. The molecule has 0 bridgehead atoms. The Kier molecular flexibility index (Phi) is 6.07. The second-order valence-electron chi connectivity index (χ2n) is 6.59. The number of methoxy groups -OCH3 is 1. The van der Waals surface area contributed by atoms with Crippen molar-refractivity contribution in [3.63, 3.8) is 0 Å². The van der Waals surface area contributed by atoms with Crippen LogP contribution in [0.5, 0.6) is 5.75 Å². The molecule has 0 spiro atoms. The topological polar surface area (TPSA) is 109 Å². The number of aromatic nitrogens is 2. The lowest BCUT2D eigenvalue weighted by Gasteiger charge is -2.14. The average molecular weight is 478 g/mol. The van der Waals surface area contributed by atoms with Crippen molar-refractivity contribution in [2.75, 3.05) is 12.8 Å². The Bertz CT molecular complexity index is 1440. The minimum Gasteiger partial charge on any atom is -0.497 e. The standard InChI is InChI=1S/C23H13Cl2N5OS/c1-31-14-4-7-19-12(8-14)9-16(21(25)29-19)20-17(10-26)22(28)30-23(18(20)11-27)32-15-5-2-13(24)3-6-15/h2-9H,1H3,(H2,28,30). The van der Waals surface area contributed by atoms with Gasteiger partial charge in [0.25, 0.3) is 0 Å². The zero-order chi connectivity index (χ0) is 22.8. The minimum atomic E-state index is -0.000214. The maximum Gasteiger partial charge on any atom is 0.143 e. The first kappa shape index (κ1) is 21.7. The molecule has 0 saturated carbocycles. The molecule has 9 heteroatoms. The number of anilines is 1. The van der Waals surface area contributed by atoms with Crippen LogP contribution in [-0.4, -0.2) is 17.1 Å². The number of benzene rings is 2. The number of fused-ring (bicyclic) bond motifs is 1. The van der Waals surface area contributed by atoms with E-state index < -0.39 is 0 Å². The molecule has 156 valence electrons. The largest absolute Gasteiger partial charge is 0.497 e. The number of nitrogen functional groups attached to an aromatic ring is 1. The highest BCUT2D eigenvalue weighted by atomic mass is 35.5. The predicted molar refractivity (Wildman–Crippen MR) is 126 cm³/mol. The highest BCUT2D eigenvalue weighted by Crippen LogP contribution is 2.41. The fourth-order valence-corrected chi connectivity index (χ4v) is 4.44. The molecule has 4 rings (SSSR count). The molecule has 0 aliphatic rings. The van der Waals surface area contributed by atoms with E-state index in [0.29, 0.717) is 32.4 Å². The van der Waals surface area contributed by atoms with Crippen LogP contribution in [0.25, 0.3) is 22.0 Å². The second kappa shape index (κ2) is 8.94. The number of hydrogen-bond acceptors (Lipinski definition) is 7. The molecular formula is C23H13Cl2N5OS. The number of nitrogens with two attached hydrogens (primary N) is 1. The summed E-state index contributed by atoms with van der Waals surface area (Å²) in [6, 6.07) is 18.4. The van der Waals surface area contributed by atoms with Crippen LogP contribution in [0.4, 0.5) is 5.82 Å². The zero-order valence-electron chi connectivity index (χ0n) is 16.6. The predicted octanol–water partition coefficient (Wildman–Crippen LogP) is 6.09. The van der Waals surface area contributed by atoms with E-state index in [1.54, 1.807) is 55.6 Å². The molecule has 2 aromatic carbocycles. The monoisotopic (exact) mass is 477 g/mol. The van der Waals surface area contributed by atoms with Gasteiger partial charge < -0.3 is 10.5 Å². The molecule has 0 amide bonds. The Morgan fingerprint density at radius 1 is 0.969 bits per heavy atom. The van der Waals surface area contributed by atoms with Gasteiger partial charge in [0.15, 0.2) is 0 Å². The summed E-state index contributed by atoms with van der Waals surface area (Å²) < 4.78 is 5.29. The summed E-state index contributed by atoms with van der Waals surface area (Å²) in [5.41, 5.74) is 7.71. The van der Waals surface area contributed by atoms with Gasteiger partial charge in [-0.25, -0.2) is 9.97 Å². The van der Waals surface area contributed by atoms with Gasteiger partial charge in [-0.2, -0.15) is 10.5 Å². The molecule has 0 radical (unpaired) electrons. The first-order chi connectivity index (χ1) is 15.4. The van der Waals surface area contributed by atoms with E-state index >= 15 is 0 Å². The van der Waals surface area contributed by atoms with Crippen LogP contribution in [0, 0.1) is 22.7 Å². The molecule has 6 nitrogen and oxygen atoms in total. The van der Waals surface area contributed by atoms with E-state index in [9.17, 15) is 10.5 Å². The third-order valence-electron chi connectivity index (χ3n) is 4.69. The smallest absolute Gasteiger partial charge is 0.143 e. The summed E-state index contributed by atoms with van der Waals surface area (Å²) in [6.07, 6.45) is 0. The molecule has 0 saturated heterocycles. The molecule has 32 heavy (non-hydrogen) atoms. The van der Waals surface area contributed by atoms with Gasteiger partial charge in [-0.3, -0.25) is 0 Å². The highest BCUT2D eigenvalue weighted by Gasteiger charge is 2.23. The van der Waals surface area contributed by atoms with E-state index in [4.69, 9.17) is 33.7 Å². The number of rotatable bonds is 4. The Balaban J connectivity index is 1.98. The van der Waals surface area contributed by atoms with Crippen LogP contribution in [0.15, 0.2) is 58.5 Å². The molecule has 2 N–H and O–H groups in total. The molecular weight excluding hydrogens is 465 g/mol. The van der Waals surface area contributed by atoms with Crippen LogP contribution in [-0.2, 0) is 0 Å². The summed E-state index contributed by atoms with van der Waals surface area (Å²) in [4.78, 5) is 9.56. The average Bonchev–Trinajstić information content (AvgIpc) is 2.79. The number of nitrogens with zero attached hydrogens (tertiary/aromatic N) is 4. The first-order valence-corrected chi connectivity index (χ1v) is 10.7. The molecule has 0 aliphatic heterocycles. The van der Waals surface area contributed by atoms with Crippen molar-refractivity contribution < 1.29 is 4.74 Å². The summed E-state index contributed by atoms with van der Waals surface area (Å²) in [5, 5.41) is 21.6. The molecule has 0 aliphatic carbocycles. The number of ether oxygens (including phenoxy) is 1. The second-order valence-corrected chi connectivity index (χ2v) is 8.45. The molecule has 0 atom stereocenters. The quantitative estimate of drug-likeness (QED) is 0.354. The lowest BCUT2D eigenvalue weighted by atomic mass is 9.97. The van der Waals surface area contributed by atoms with E-state index in [1.807, 2.05) is 0 Å². The summed E-state index contributed by atoms with van der Waals surface area (Å²) in [5.74, 6) is 0.640. The Morgan fingerprint density at radius 2 is 1.69 bits per heavy atom. The first-order valence-electron chi connectivity index (χ1n) is 9.17. The van der Waals surface area contributed by atoms with Gasteiger partial charge >= 0.3 is 0 Å². The molecule has 2 aromatic heterocycles.